The van der Waals surface area contributed by atoms with E-state index >= 15 is 0 Å². The lowest BCUT2D eigenvalue weighted by Gasteiger charge is -1.87. The Kier molecular flexibility index (Phi) is 1.72. The van der Waals surface area contributed by atoms with Gasteiger partial charge in [-0.15, -0.1) is 0 Å². The van der Waals surface area contributed by atoms with Crippen LogP contribution in [0, 0.1) is 3.57 Å². The molecule has 0 unspecified atom stereocenters. The first-order chi connectivity index (χ1) is 5.29. The molecule has 0 saturated carbocycles. The van der Waals surface area contributed by atoms with Gasteiger partial charge in [0.2, 0.25) is 0 Å². The van der Waals surface area contributed by atoms with Crippen molar-refractivity contribution >= 4 is 45.3 Å². The van der Waals surface area contributed by atoms with Crippen LogP contribution in [0.2, 0.25) is 5.15 Å². The van der Waals surface area contributed by atoms with Crippen molar-refractivity contribution in [3.05, 3.63) is 21.3 Å². The maximum Gasteiger partial charge on any atom is 0.190 e. The van der Waals surface area contributed by atoms with E-state index < -0.39 is 0 Å². The van der Waals surface area contributed by atoms with Crippen LogP contribution in [-0.2, 0) is 0 Å². The summed E-state index contributed by atoms with van der Waals surface area (Å²) < 4.78 is 6.06. The number of fused-ring (bicyclic) bond motifs is 1. The maximum atomic E-state index is 5.72. The monoisotopic (exact) mass is 280 g/mol. The van der Waals surface area contributed by atoms with Crippen molar-refractivity contribution in [1.29, 1.82) is 0 Å². The first-order valence-corrected chi connectivity index (χ1v) is 4.28. The fourth-order valence-electron chi connectivity index (χ4n) is 0.793. The number of rotatable bonds is 0. The standard InChI is InChI=1S/C6H2ClIN2O/c7-6-5-4(9-2-10-6)3(8)1-11-5/h1-2H. The maximum absolute atomic E-state index is 5.72. The zero-order valence-electron chi connectivity index (χ0n) is 5.21. The van der Waals surface area contributed by atoms with Crippen LogP contribution in [-0.4, -0.2) is 9.97 Å². The number of aromatic nitrogens is 2. The van der Waals surface area contributed by atoms with E-state index in [0.29, 0.717) is 10.7 Å². The third-order valence-electron chi connectivity index (χ3n) is 1.27. The van der Waals surface area contributed by atoms with Gasteiger partial charge in [-0.05, 0) is 22.6 Å². The highest BCUT2D eigenvalue weighted by molar-refractivity contribution is 14.1. The summed E-state index contributed by atoms with van der Waals surface area (Å²) >= 11 is 7.85. The highest BCUT2D eigenvalue weighted by Gasteiger charge is 2.07. The van der Waals surface area contributed by atoms with Crippen LogP contribution in [0.25, 0.3) is 11.1 Å². The molecule has 0 N–H and O–H groups in total. The summed E-state index contributed by atoms with van der Waals surface area (Å²) in [5, 5.41) is 0.359. The summed E-state index contributed by atoms with van der Waals surface area (Å²) in [6, 6.07) is 0. The zero-order chi connectivity index (χ0) is 7.84. The Bertz CT molecular complexity index is 400. The van der Waals surface area contributed by atoms with Crippen LogP contribution in [0.3, 0.4) is 0 Å². The van der Waals surface area contributed by atoms with Gasteiger partial charge in [0.25, 0.3) is 0 Å². The smallest absolute Gasteiger partial charge is 0.190 e. The second-order valence-electron chi connectivity index (χ2n) is 1.93. The molecule has 0 fully saturated rings. The van der Waals surface area contributed by atoms with E-state index in [-0.39, 0.29) is 0 Å². The minimum atomic E-state index is 0.359. The predicted octanol–water partition coefficient (Wildman–Crippen LogP) is 2.48. The molecule has 3 nitrogen and oxygen atoms in total. The van der Waals surface area contributed by atoms with E-state index in [1.165, 1.54) is 6.33 Å². The molecular weight excluding hydrogens is 278 g/mol. The highest BCUT2D eigenvalue weighted by atomic mass is 127. The molecule has 0 radical (unpaired) electrons. The van der Waals surface area contributed by atoms with Gasteiger partial charge in [-0.25, -0.2) is 9.97 Å². The minimum Gasteiger partial charge on any atom is -0.458 e. The van der Waals surface area contributed by atoms with Gasteiger partial charge in [0.1, 0.15) is 18.1 Å². The molecular formula is C6H2ClIN2O. The molecule has 0 saturated heterocycles. The summed E-state index contributed by atoms with van der Waals surface area (Å²) in [6.07, 6.45) is 3.02. The number of nitrogens with zero attached hydrogens (tertiary/aromatic N) is 2. The molecule has 0 atom stereocenters. The van der Waals surface area contributed by atoms with E-state index in [0.717, 1.165) is 9.09 Å². The van der Waals surface area contributed by atoms with E-state index in [4.69, 9.17) is 16.0 Å². The predicted molar refractivity (Wildman–Crippen MR) is 49.5 cm³/mol. The molecule has 0 aliphatic rings. The summed E-state index contributed by atoms with van der Waals surface area (Å²) in [5.41, 5.74) is 1.32. The molecule has 0 spiro atoms. The highest BCUT2D eigenvalue weighted by Crippen LogP contribution is 2.24. The molecule has 2 rings (SSSR count). The van der Waals surface area contributed by atoms with Crippen LogP contribution < -0.4 is 0 Å². The molecule has 56 valence electrons. The van der Waals surface area contributed by atoms with Gasteiger partial charge in [0.05, 0.1) is 3.57 Å². The van der Waals surface area contributed by atoms with Crippen molar-refractivity contribution in [3.8, 4) is 0 Å². The number of halogens is 2. The topological polar surface area (TPSA) is 38.9 Å². The minimum absolute atomic E-state index is 0.359. The fraction of sp³-hybridized carbons (Fsp3) is 0. The molecule has 0 aliphatic carbocycles. The quantitative estimate of drug-likeness (QED) is 0.550. The van der Waals surface area contributed by atoms with Crippen LogP contribution in [0.4, 0.5) is 0 Å². The van der Waals surface area contributed by atoms with Gasteiger partial charge in [-0.1, -0.05) is 11.6 Å². The van der Waals surface area contributed by atoms with Gasteiger partial charge in [0, 0.05) is 0 Å². The Balaban J connectivity index is 2.94. The van der Waals surface area contributed by atoms with Gasteiger partial charge < -0.3 is 4.42 Å². The molecule has 0 amide bonds. The molecule has 2 aromatic rings. The number of hydrogen-bond donors (Lipinski definition) is 0. The Morgan fingerprint density at radius 1 is 1.45 bits per heavy atom. The van der Waals surface area contributed by atoms with Crippen molar-refractivity contribution in [2.24, 2.45) is 0 Å². The molecule has 2 aromatic heterocycles. The van der Waals surface area contributed by atoms with Crippen LogP contribution >= 0.6 is 34.2 Å². The van der Waals surface area contributed by atoms with Crippen molar-refractivity contribution in [3.63, 3.8) is 0 Å². The Morgan fingerprint density at radius 3 is 3.00 bits per heavy atom. The van der Waals surface area contributed by atoms with Crippen LogP contribution in [0.1, 0.15) is 0 Å². The van der Waals surface area contributed by atoms with Crippen LogP contribution in [0.5, 0.6) is 0 Å². The van der Waals surface area contributed by atoms with E-state index in [1.54, 1.807) is 6.26 Å². The van der Waals surface area contributed by atoms with Crippen molar-refractivity contribution in [1.82, 2.24) is 9.97 Å². The second kappa shape index (κ2) is 2.60. The lowest BCUT2D eigenvalue weighted by molar-refractivity contribution is 0.611. The third-order valence-corrected chi connectivity index (χ3v) is 2.30. The Morgan fingerprint density at radius 2 is 2.27 bits per heavy atom. The average Bonchev–Trinajstić information content (AvgIpc) is 2.35. The third kappa shape index (κ3) is 1.10. The normalized spacial score (nSPS) is 10.7. The SMILES string of the molecule is Clc1ncnc2c(I)coc12. The molecule has 0 aliphatic heterocycles. The molecule has 5 heteroatoms. The summed E-state index contributed by atoms with van der Waals surface area (Å²) in [6.45, 7) is 0. The molecule has 11 heavy (non-hydrogen) atoms. The Hall–Kier alpha value is -0.360. The van der Waals surface area contributed by atoms with Gasteiger partial charge in [0.15, 0.2) is 10.7 Å². The summed E-state index contributed by atoms with van der Waals surface area (Å²) in [4.78, 5) is 7.78. The van der Waals surface area contributed by atoms with Crippen molar-refractivity contribution < 1.29 is 4.42 Å². The second-order valence-corrected chi connectivity index (χ2v) is 3.45. The first-order valence-electron chi connectivity index (χ1n) is 2.82. The van der Waals surface area contributed by atoms with Gasteiger partial charge >= 0.3 is 0 Å². The fourth-order valence-corrected chi connectivity index (χ4v) is 1.48. The lowest BCUT2D eigenvalue weighted by atomic mass is 10.5. The van der Waals surface area contributed by atoms with E-state index in [1.807, 2.05) is 0 Å². The number of furan rings is 1. The van der Waals surface area contributed by atoms with E-state index in [2.05, 4.69) is 32.6 Å². The molecule has 0 aromatic carbocycles. The van der Waals surface area contributed by atoms with Crippen molar-refractivity contribution in [2.75, 3.05) is 0 Å². The average molecular weight is 280 g/mol. The van der Waals surface area contributed by atoms with Crippen molar-refractivity contribution in [2.45, 2.75) is 0 Å². The zero-order valence-corrected chi connectivity index (χ0v) is 8.13. The largest absolute Gasteiger partial charge is 0.458 e. The molecule has 2 heterocycles. The van der Waals surface area contributed by atoms with Gasteiger partial charge in [-0.3, -0.25) is 0 Å². The summed E-state index contributed by atoms with van der Waals surface area (Å²) in [7, 11) is 0. The van der Waals surface area contributed by atoms with Gasteiger partial charge in [-0.2, -0.15) is 0 Å². The molecule has 0 bridgehead atoms. The number of hydrogen-bond acceptors (Lipinski definition) is 3. The van der Waals surface area contributed by atoms with Crippen LogP contribution in [0.15, 0.2) is 17.0 Å². The Labute approximate surface area is 80.9 Å². The lowest BCUT2D eigenvalue weighted by Crippen LogP contribution is -1.79. The van der Waals surface area contributed by atoms with E-state index in [9.17, 15) is 0 Å². The first kappa shape index (κ1) is 7.30. The summed E-state index contributed by atoms with van der Waals surface area (Å²) in [5.74, 6) is 0.